The number of hydrogen-bond donors (Lipinski definition) is 2. The van der Waals surface area contributed by atoms with Gasteiger partial charge in [-0.05, 0) is 24.3 Å². The monoisotopic (exact) mass is 391 g/mol. The maximum atomic E-state index is 14.3. The summed E-state index contributed by atoms with van der Waals surface area (Å²) in [6.45, 7) is -0.0678. The predicted molar refractivity (Wildman–Crippen MR) is 96.7 cm³/mol. The maximum Gasteiger partial charge on any atom is 0.258 e. The molecule has 3 N–H and O–H groups in total. The van der Waals surface area contributed by atoms with Gasteiger partial charge in [-0.2, -0.15) is 0 Å². The Balaban J connectivity index is 1.79. The maximum absolute atomic E-state index is 14.3. The van der Waals surface area contributed by atoms with Crippen LogP contribution in [0.3, 0.4) is 0 Å². The second-order valence-electron chi connectivity index (χ2n) is 6.49. The molecule has 7 nitrogen and oxygen atoms in total. The standard InChI is InChI=1S/C18H17F3N6O/c1-23-18(28)15-16(22)25-27-5-4-14(24-17(15)27)26-8-10(20)7-13(26)11-6-9(19)2-3-12(11)21/h2-6,10,13H,7-8H2,1H3,(H2,22,25)(H,23,28)/t10-,13+/m0/s1/i1D. The Kier molecular flexibility index (Phi) is 4.03. The first-order valence-corrected chi connectivity index (χ1v) is 8.47. The number of aromatic nitrogens is 3. The van der Waals surface area contributed by atoms with Crippen LogP contribution in [0.25, 0.3) is 5.65 Å². The van der Waals surface area contributed by atoms with Crippen LogP contribution < -0.4 is 16.0 Å². The van der Waals surface area contributed by atoms with E-state index < -0.39 is 29.8 Å². The van der Waals surface area contributed by atoms with E-state index in [0.717, 1.165) is 18.2 Å². The molecule has 0 spiro atoms. The number of carbonyl (C=O) groups excluding carboxylic acids is 1. The van der Waals surface area contributed by atoms with Gasteiger partial charge in [0.15, 0.2) is 11.5 Å². The fourth-order valence-corrected chi connectivity index (χ4v) is 3.51. The lowest BCUT2D eigenvalue weighted by atomic mass is 10.0. The number of halogens is 3. The van der Waals surface area contributed by atoms with Gasteiger partial charge in [0, 0.05) is 26.6 Å². The number of nitrogens with two attached hydrogens (primary N) is 1. The molecule has 1 aliphatic heterocycles. The third-order valence-corrected chi connectivity index (χ3v) is 4.75. The van der Waals surface area contributed by atoms with E-state index in [1.165, 1.54) is 21.7 Å². The van der Waals surface area contributed by atoms with Gasteiger partial charge in [-0.15, -0.1) is 5.10 Å². The van der Waals surface area contributed by atoms with Crippen LogP contribution in [-0.2, 0) is 0 Å². The van der Waals surface area contributed by atoms with E-state index >= 15 is 0 Å². The zero-order valence-corrected chi connectivity index (χ0v) is 14.6. The highest BCUT2D eigenvalue weighted by atomic mass is 19.1. The van der Waals surface area contributed by atoms with E-state index in [-0.39, 0.29) is 48.4 Å². The molecule has 2 aromatic heterocycles. The molecule has 3 heterocycles. The number of amides is 1. The molecule has 2 atom stereocenters. The third-order valence-electron chi connectivity index (χ3n) is 4.75. The molecule has 0 unspecified atom stereocenters. The van der Waals surface area contributed by atoms with Crippen molar-refractivity contribution >= 4 is 23.2 Å². The van der Waals surface area contributed by atoms with Gasteiger partial charge in [0.1, 0.15) is 29.2 Å². The van der Waals surface area contributed by atoms with Crippen molar-refractivity contribution in [3.05, 3.63) is 53.2 Å². The van der Waals surface area contributed by atoms with Gasteiger partial charge in [-0.1, -0.05) is 0 Å². The topological polar surface area (TPSA) is 88.5 Å². The van der Waals surface area contributed by atoms with Crippen LogP contribution in [0.4, 0.5) is 24.8 Å². The Bertz CT molecular complexity index is 1090. The first-order valence-electron chi connectivity index (χ1n) is 9.17. The SMILES string of the molecule is [2H]CNC(=O)c1c(N)nn2ccc(N3C[C@@H](F)C[C@@H]3c3cc(F)ccc3F)nc12. The number of nitrogens with one attached hydrogen (secondary N) is 1. The molecule has 0 radical (unpaired) electrons. The molecule has 28 heavy (non-hydrogen) atoms. The van der Waals surface area contributed by atoms with Crippen LogP contribution in [0.15, 0.2) is 30.5 Å². The molecule has 1 aliphatic rings. The summed E-state index contributed by atoms with van der Waals surface area (Å²) in [5.74, 6) is -1.68. The fourth-order valence-electron chi connectivity index (χ4n) is 3.51. The van der Waals surface area contributed by atoms with Crippen molar-refractivity contribution in [2.75, 3.05) is 24.2 Å². The minimum Gasteiger partial charge on any atom is -0.381 e. The van der Waals surface area contributed by atoms with Crippen LogP contribution in [0.5, 0.6) is 0 Å². The number of nitrogen functional groups attached to an aromatic ring is 1. The summed E-state index contributed by atoms with van der Waals surface area (Å²) in [5.41, 5.74) is 5.95. The van der Waals surface area contributed by atoms with Gasteiger partial charge in [-0.25, -0.2) is 22.7 Å². The van der Waals surface area contributed by atoms with Crippen LogP contribution in [0, 0.1) is 11.6 Å². The average molecular weight is 391 g/mol. The van der Waals surface area contributed by atoms with E-state index in [1.807, 2.05) is 0 Å². The summed E-state index contributed by atoms with van der Waals surface area (Å²) in [7, 11) is -0.355. The summed E-state index contributed by atoms with van der Waals surface area (Å²) in [5, 5.41) is 6.32. The number of benzene rings is 1. The second kappa shape index (κ2) is 6.70. The van der Waals surface area contributed by atoms with Crippen LogP contribution in [0.1, 0.15) is 29.8 Å². The molecule has 0 saturated carbocycles. The number of fused-ring (bicyclic) bond motifs is 1. The Hall–Kier alpha value is -3.30. The predicted octanol–water partition coefficient (Wildman–Crippen LogP) is 2.24. The summed E-state index contributed by atoms with van der Waals surface area (Å²) in [6.07, 6.45) is 0.207. The Morgan fingerprint density at radius 2 is 2.21 bits per heavy atom. The van der Waals surface area contributed by atoms with Gasteiger partial charge < -0.3 is 16.0 Å². The highest BCUT2D eigenvalue weighted by Crippen LogP contribution is 2.38. The minimum atomic E-state index is -1.26. The van der Waals surface area contributed by atoms with Gasteiger partial charge in [0.05, 0.1) is 12.6 Å². The molecule has 1 aromatic carbocycles. The largest absolute Gasteiger partial charge is 0.381 e. The smallest absolute Gasteiger partial charge is 0.258 e. The molecule has 3 aromatic rings. The molecule has 146 valence electrons. The molecule has 1 amide bonds. The number of hydrogen-bond acceptors (Lipinski definition) is 5. The van der Waals surface area contributed by atoms with E-state index in [9.17, 15) is 18.0 Å². The first-order chi connectivity index (χ1) is 13.9. The molecule has 10 heteroatoms. The van der Waals surface area contributed by atoms with E-state index in [2.05, 4.69) is 15.4 Å². The summed E-state index contributed by atoms with van der Waals surface area (Å²) in [4.78, 5) is 18.1. The normalized spacial score (nSPS) is 19.8. The highest BCUT2D eigenvalue weighted by Gasteiger charge is 2.36. The Morgan fingerprint density at radius 3 is 3.00 bits per heavy atom. The molecular formula is C18H17F3N6O. The minimum absolute atomic E-state index is 0.0106. The molecular weight excluding hydrogens is 373 g/mol. The lowest BCUT2D eigenvalue weighted by molar-refractivity contribution is 0.0965. The van der Waals surface area contributed by atoms with Gasteiger partial charge in [-0.3, -0.25) is 4.79 Å². The van der Waals surface area contributed by atoms with Gasteiger partial charge in [0.2, 0.25) is 0 Å². The number of nitrogens with zero attached hydrogens (tertiary/aromatic N) is 4. The number of carbonyl (C=O) groups is 1. The zero-order chi connectivity index (χ0) is 20.7. The molecule has 0 aliphatic carbocycles. The van der Waals surface area contributed by atoms with E-state index in [4.69, 9.17) is 7.10 Å². The molecule has 1 fully saturated rings. The molecule has 4 rings (SSSR count). The number of alkyl halides is 1. The number of anilines is 2. The van der Waals surface area contributed by atoms with Crippen molar-refractivity contribution in [3.8, 4) is 0 Å². The number of rotatable bonds is 3. The van der Waals surface area contributed by atoms with Crippen molar-refractivity contribution in [3.63, 3.8) is 0 Å². The first kappa shape index (κ1) is 16.8. The quantitative estimate of drug-likeness (QED) is 0.715. The second-order valence-corrected chi connectivity index (χ2v) is 6.49. The zero-order valence-electron chi connectivity index (χ0n) is 15.6. The Morgan fingerprint density at radius 1 is 1.39 bits per heavy atom. The van der Waals surface area contributed by atoms with Gasteiger partial charge in [0.25, 0.3) is 5.91 Å². The fraction of sp³-hybridized carbons (Fsp3) is 0.278. The van der Waals surface area contributed by atoms with Crippen molar-refractivity contribution in [1.29, 1.82) is 0 Å². The van der Waals surface area contributed by atoms with Crippen molar-refractivity contribution in [2.24, 2.45) is 0 Å². The summed E-state index contributed by atoms with van der Waals surface area (Å²) >= 11 is 0. The van der Waals surface area contributed by atoms with E-state index in [0.29, 0.717) is 0 Å². The van der Waals surface area contributed by atoms with Crippen LogP contribution >= 0.6 is 0 Å². The van der Waals surface area contributed by atoms with Crippen molar-refractivity contribution < 1.29 is 19.3 Å². The van der Waals surface area contributed by atoms with E-state index in [1.54, 1.807) is 0 Å². The molecule has 0 bridgehead atoms. The highest BCUT2D eigenvalue weighted by molar-refractivity contribution is 6.04. The van der Waals surface area contributed by atoms with Crippen molar-refractivity contribution in [2.45, 2.75) is 18.6 Å². The summed E-state index contributed by atoms with van der Waals surface area (Å²) < 4.78 is 50.7. The van der Waals surface area contributed by atoms with Gasteiger partial charge >= 0.3 is 0 Å². The summed E-state index contributed by atoms with van der Waals surface area (Å²) in [6, 6.07) is 3.83. The third kappa shape index (κ3) is 2.90. The van der Waals surface area contributed by atoms with Crippen LogP contribution in [0.2, 0.25) is 0 Å². The molecule has 1 saturated heterocycles. The Labute approximate surface area is 159 Å². The van der Waals surface area contributed by atoms with Crippen molar-refractivity contribution in [1.82, 2.24) is 19.9 Å². The van der Waals surface area contributed by atoms with Crippen LogP contribution in [-0.4, -0.2) is 40.2 Å². The lowest BCUT2D eigenvalue weighted by Gasteiger charge is -2.26. The average Bonchev–Trinajstić information content (AvgIpc) is 3.22. The lowest BCUT2D eigenvalue weighted by Crippen LogP contribution is -2.26.